The maximum atomic E-state index is 13.3. The molecule has 2 aromatic carbocycles. The summed E-state index contributed by atoms with van der Waals surface area (Å²) in [6, 6.07) is 14.6. The molecular weight excluding hydrogens is 319 g/mol. The van der Waals surface area contributed by atoms with Gasteiger partial charge < -0.3 is 20.1 Å². The van der Waals surface area contributed by atoms with E-state index in [4.69, 9.17) is 4.74 Å². The van der Waals surface area contributed by atoms with Gasteiger partial charge in [-0.3, -0.25) is 0 Å². The first kappa shape index (κ1) is 17.7. The van der Waals surface area contributed by atoms with Crippen LogP contribution < -0.4 is 10.1 Å². The molecule has 2 N–H and O–H groups in total. The van der Waals surface area contributed by atoms with E-state index in [0.29, 0.717) is 18.2 Å². The lowest BCUT2D eigenvalue weighted by Gasteiger charge is -2.34. The third kappa shape index (κ3) is 4.94. The lowest BCUT2D eigenvalue weighted by Crippen LogP contribution is -2.40. The SMILES string of the molecule is COc1cccc(NC2CCN(C[C@H](O)c3cccc(F)c3)CC2)c1. The van der Waals surface area contributed by atoms with Gasteiger partial charge in [-0.15, -0.1) is 0 Å². The Balaban J connectivity index is 1.48. The van der Waals surface area contributed by atoms with Gasteiger partial charge in [-0.05, 0) is 42.7 Å². The van der Waals surface area contributed by atoms with Crippen LogP contribution in [0.2, 0.25) is 0 Å². The first-order chi connectivity index (χ1) is 12.1. The largest absolute Gasteiger partial charge is 0.497 e. The first-order valence-corrected chi connectivity index (χ1v) is 8.70. The molecule has 4 nitrogen and oxygen atoms in total. The summed E-state index contributed by atoms with van der Waals surface area (Å²) in [4.78, 5) is 2.24. The maximum Gasteiger partial charge on any atom is 0.123 e. The molecule has 0 bridgehead atoms. The molecule has 0 aromatic heterocycles. The smallest absolute Gasteiger partial charge is 0.123 e. The molecule has 1 fully saturated rings. The molecular formula is C20H25FN2O2. The Bertz CT molecular complexity index is 687. The highest BCUT2D eigenvalue weighted by atomic mass is 19.1. The fourth-order valence-electron chi connectivity index (χ4n) is 3.27. The monoisotopic (exact) mass is 344 g/mol. The summed E-state index contributed by atoms with van der Waals surface area (Å²) >= 11 is 0. The van der Waals surface area contributed by atoms with Gasteiger partial charge in [0.25, 0.3) is 0 Å². The Morgan fingerprint density at radius 3 is 2.68 bits per heavy atom. The van der Waals surface area contributed by atoms with Gasteiger partial charge in [0, 0.05) is 37.4 Å². The number of hydrogen-bond donors (Lipinski definition) is 2. The number of ether oxygens (including phenoxy) is 1. The second-order valence-corrected chi connectivity index (χ2v) is 6.52. The number of aliphatic hydroxyl groups excluding tert-OH is 1. The number of nitrogens with one attached hydrogen (secondary N) is 1. The van der Waals surface area contributed by atoms with Crippen molar-refractivity contribution >= 4 is 5.69 Å². The molecule has 1 aliphatic heterocycles. The number of β-amino-alcohol motifs (C(OH)–C–C–N with tert-alkyl or cyclic N) is 1. The van der Waals surface area contributed by atoms with Gasteiger partial charge in [0.15, 0.2) is 0 Å². The molecule has 5 heteroatoms. The predicted octanol–water partition coefficient (Wildman–Crippen LogP) is 3.44. The van der Waals surface area contributed by atoms with Gasteiger partial charge in [-0.2, -0.15) is 0 Å². The Labute approximate surface area is 148 Å². The average molecular weight is 344 g/mol. The van der Waals surface area contributed by atoms with Crippen LogP contribution in [0.25, 0.3) is 0 Å². The lowest BCUT2D eigenvalue weighted by atomic mass is 10.0. The van der Waals surface area contributed by atoms with Crippen molar-refractivity contribution in [3.8, 4) is 5.75 Å². The van der Waals surface area contributed by atoms with Crippen molar-refractivity contribution in [3.05, 3.63) is 59.9 Å². The Kier molecular flexibility index (Phi) is 5.89. The van der Waals surface area contributed by atoms with Crippen molar-refractivity contribution in [2.24, 2.45) is 0 Å². The minimum Gasteiger partial charge on any atom is -0.497 e. The number of aliphatic hydroxyl groups is 1. The van der Waals surface area contributed by atoms with E-state index in [2.05, 4.69) is 10.2 Å². The van der Waals surface area contributed by atoms with Crippen LogP contribution in [0.15, 0.2) is 48.5 Å². The van der Waals surface area contributed by atoms with Gasteiger partial charge in [-0.1, -0.05) is 18.2 Å². The number of halogens is 1. The van der Waals surface area contributed by atoms with Crippen molar-refractivity contribution in [1.82, 2.24) is 4.90 Å². The van der Waals surface area contributed by atoms with Crippen LogP contribution >= 0.6 is 0 Å². The van der Waals surface area contributed by atoms with E-state index < -0.39 is 6.10 Å². The molecule has 1 aliphatic rings. The number of hydrogen-bond acceptors (Lipinski definition) is 4. The highest BCUT2D eigenvalue weighted by Gasteiger charge is 2.21. The van der Waals surface area contributed by atoms with Crippen LogP contribution in [0.4, 0.5) is 10.1 Å². The third-order valence-electron chi connectivity index (χ3n) is 4.69. The van der Waals surface area contributed by atoms with Gasteiger partial charge >= 0.3 is 0 Å². The number of anilines is 1. The number of likely N-dealkylation sites (tertiary alicyclic amines) is 1. The molecule has 3 rings (SSSR count). The maximum absolute atomic E-state index is 13.3. The van der Waals surface area contributed by atoms with Crippen LogP contribution in [0.1, 0.15) is 24.5 Å². The minimum atomic E-state index is -0.654. The predicted molar refractivity (Wildman–Crippen MR) is 97.4 cm³/mol. The first-order valence-electron chi connectivity index (χ1n) is 8.70. The summed E-state index contributed by atoms with van der Waals surface area (Å²) in [7, 11) is 1.67. The fourth-order valence-corrected chi connectivity index (χ4v) is 3.27. The molecule has 0 saturated carbocycles. The molecule has 2 aromatic rings. The average Bonchev–Trinajstić information content (AvgIpc) is 2.63. The molecule has 0 spiro atoms. The van der Waals surface area contributed by atoms with E-state index in [-0.39, 0.29) is 5.82 Å². The fraction of sp³-hybridized carbons (Fsp3) is 0.400. The van der Waals surface area contributed by atoms with Crippen molar-refractivity contribution in [3.63, 3.8) is 0 Å². The summed E-state index contributed by atoms with van der Waals surface area (Å²) in [6.45, 7) is 2.36. The van der Waals surface area contributed by atoms with Crippen molar-refractivity contribution in [2.75, 3.05) is 32.1 Å². The Morgan fingerprint density at radius 2 is 1.96 bits per heavy atom. The second-order valence-electron chi connectivity index (χ2n) is 6.52. The van der Waals surface area contributed by atoms with Crippen molar-refractivity contribution in [1.29, 1.82) is 0 Å². The molecule has 134 valence electrons. The second kappa shape index (κ2) is 8.32. The van der Waals surface area contributed by atoms with E-state index in [1.807, 2.05) is 24.3 Å². The van der Waals surface area contributed by atoms with Gasteiger partial charge in [0.2, 0.25) is 0 Å². The highest BCUT2D eigenvalue weighted by molar-refractivity contribution is 5.48. The molecule has 1 atom stereocenters. The summed E-state index contributed by atoms with van der Waals surface area (Å²) < 4.78 is 18.5. The van der Waals surface area contributed by atoms with E-state index >= 15 is 0 Å². The van der Waals surface area contributed by atoms with Crippen molar-refractivity contribution < 1.29 is 14.2 Å². The van der Waals surface area contributed by atoms with Crippen LogP contribution in [-0.2, 0) is 0 Å². The molecule has 0 radical (unpaired) electrons. The molecule has 0 unspecified atom stereocenters. The number of benzene rings is 2. The normalized spacial score (nSPS) is 17.2. The summed E-state index contributed by atoms with van der Waals surface area (Å²) in [5, 5.41) is 13.9. The van der Waals surface area contributed by atoms with Crippen LogP contribution in [0.3, 0.4) is 0 Å². The van der Waals surface area contributed by atoms with Crippen molar-refractivity contribution in [2.45, 2.75) is 25.0 Å². The zero-order valence-electron chi connectivity index (χ0n) is 14.5. The standard InChI is InChI=1S/C20H25FN2O2/c1-25-19-7-3-6-18(13-19)22-17-8-10-23(11-9-17)14-20(24)15-4-2-5-16(21)12-15/h2-7,12-13,17,20,22,24H,8-11,14H2,1H3/t20-/m0/s1. The quantitative estimate of drug-likeness (QED) is 0.843. The number of rotatable bonds is 6. The van der Waals surface area contributed by atoms with Crippen LogP contribution in [0.5, 0.6) is 5.75 Å². The zero-order valence-corrected chi connectivity index (χ0v) is 14.5. The topological polar surface area (TPSA) is 44.7 Å². The van der Waals surface area contributed by atoms with Gasteiger partial charge in [0.1, 0.15) is 11.6 Å². The highest BCUT2D eigenvalue weighted by Crippen LogP contribution is 2.22. The number of piperidine rings is 1. The molecule has 25 heavy (non-hydrogen) atoms. The van der Waals surface area contributed by atoms with E-state index in [9.17, 15) is 9.50 Å². The number of methoxy groups -OCH3 is 1. The Morgan fingerprint density at radius 1 is 1.20 bits per heavy atom. The lowest BCUT2D eigenvalue weighted by molar-refractivity contribution is 0.0989. The molecule has 0 amide bonds. The summed E-state index contributed by atoms with van der Waals surface area (Å²) in [5.74, 6) is 0.540. The van der Waals surface area contributed by atoms with E-state index in [0.717, 1.165) is 37.4 Å². The number of nitrogens with zero attached hydrogens (tertiary/aromatic N) is 1. The van der Waals surface area contributed by atoms with Gasteiger partial charge in [-0.25, -0.2) is 4.39 Å². The molecule has 1 heterocycles. The van der Waals surface area contributed by atoms with E-state index in [1.165, 1.54) is 12.1 Å². The molecule has 0 aliphatic carbocycles. The minimum absolute atomic E-state index is 0.308. The summed E-state index contributed by atoms with van der Waals surface area (Å²) in [5.41, 5.74) is 1.70. The van der Waals surface area contributed by atoms with Crippen LogP contribution in [0, 0.1) is 5.82 Å². The molecule has 1 saturated heterocycles. The van der Waals surface area contributed by atoms with Gasteiger partial charge in [0.05, 0.1) is 13.2 Å². The third-order valence-corrected chi connectivity index (χ3v) is 4.69. The Hall–Kier alpha value is -2.11. The van der Waals surface area contributed by atoms with Crippen LogP contribution in [-0.4, -0.2) is 42.8 Å². The summed E-state index contributed by atoms with van der Waals surface area (Å²) in [6.07, 6.45) is 1.36. The zero-order chi connectivity index (χ0) is 17.6. The van der Waals surface area contributed by atoms with E-state index in [1.54, 1.807) is 19.2 Å².